The number of para-hydroxylation sites is 2. The van der Waals surface area contributed by atoms with Crippen molar-refractivity contribution in [1.82, 2.24) is 4.98 Å². The van der Waals surface area contributed by atoms with E-state index in [2.05, 4.69) is 26.0 Å². The summed E-state index contributed by atoms with van der Waals surface area (Å²) < 4.78 is 34.9. The number of nitrogens with zero attached hydrogens (tertiary/aromatic N) is 4. The lowest BCUT2D eigenvalue weighted by Crippen LogP contribution is -2.27. The average Bonchev–Trinajstić information content (AvgIpc) is 3.45. The summed E-state index contributed by atoms with van der Waals surface area (Å²) in [6.45, 7) is 0. The quantitative estimate of drug-likeness (QED) is 0.138. The molecule has 214 valence electrons. The van der Waals surface area contributed by atoms with E-state index in [0.717, 1.165) is 14.2 Å². The number of sulfonamides is 1. The van der Waals surface area contributed by atoms with Gasteiger partial charge in [0.25, 0.3) is 15.9 Å². The minimum atomic E-state index is -3.88. The molecule has 4 aromatic carbocycles. The Morgan fingerprint density at radius 3 is 2.47 bits per heavy atom. The van der Waals surface area contributed by atoms with E-state index in [1.165, 1.54) is 59.4 Å². The number of rotatable bonds is 7. The second kappa shape index (κ2) is 11.6. The number of fused-ring (bicyclic) bond motifs is 2. The van der Waals surface area contributed by atoms with Crippen molar-refractivity contribution in [3.05, 3.63) is 129 Å². The summed E-state index contributed by atoms with van der Waals surface area (Å²) in [6.07, 6.45) is 2.54. The highest BCUT2D eigenvalue weighted by Crippen LogP contribution is 2.32. The van der Waals surface area contributed by atoms with Crippen LogP contribution in [0.25, 0.3) is 21.2 Å². The molecule has 0 unspecified atom stereocenters. The molecule has 9 nitrogen and oxygen atoms in total. The number of anilines is 2. The molecule has 1 amide bonds. The molecule has 0 saturated heterocycles. The predicted octanol–water partition coefficient (Wildman–Crippen LogP) is 6.67. The lowest BCUT2D eigenvalue weighted by molar-refractivity contribution is 0.0987. The molecule has 0 N–H and O–H groups in total. The highest BCUT2D eigenvalue weighted by atomic mass is 79.9. The Morgan fingerprint density at radius 1 is 0.977 bits per heavy atom. The zero-order chi connectivity index (χ0) is 30.1. The lowest BCUT2D eigenvalue weighted by atomic mass is 10.2. The number of hydrogen-bond acceptors (Lipinski definition) is 8. The van der Waals surface area contributed by atoms with Gasteiger partial charge in [-0.25, -0.2) is 13.4 Å². The topological polar surface area (TPSA) is 113 Å². The van der Waals surface area contributed by atoms with Crippen molar-refractivity contribution in [2.24, 2.45) is 5.10 Å². The molecule has 6 aromatic rings. The summed E-state index contributed by atoms with van der Waals surface area (Å²) in [5.74, 6) is -0.570. The van der Waals surface area contributed by atoms with Crippen molar-refractivity contribution in [3.63, 3.8) is 0 Å². The maximum Gasteiger partial charge on any atom is 0.280 e. The van der Waals surface area contributed by atoms with Gasteiger partial charge in [-0.2, -0.15) is 10.1 Å². The summed E-state index contributed by atoms with van der Waals surface area (Å²) in [5.41, 5.74) is 1.61. The number of amides is 1. The van der Waals surface area contributed by atoms with E-state index in [1.54, 1.807) is 54.6 Å². The molecule has 0 spiro atoms. The van der Waals surface area contributed by atoms with Crippen LogP contribution in [0.1, 0.15) is 15.9 Å². The summed E-state index contributed by atoms with van der Waals surface area (Å²) >= 11 is 4.69. The normalized spacial score (nSPS) is 11.8. The number of benzene rings is 4. The van der Waals surface area contributed by atoms with Crippen molar-refractivity contribution in [1.29, 1.82) is 0 Å². The van der Waals surface area contributed by atoms with Crippen LogP contribution in [0.2, 0.25) is 0 Å². The van der Waals surface area contributed by atoms with Crippen molar-refractivity contribution in [2.75, 3.05) is 16.4 Å². The van der Waals surface area contributed by atoms with Gasteiger partial charge in [0.05, 0.1) is 38.0 Å². The van der Waals surface area contributed by atoms with Crippen LogP contribution in [0, 0.1) is 0 Å². The number of thiazole rings is 1. The Bertz CT molecular complexity index is 2180. The van der Waals surface area contributed by atoms with Gasteiger partial charge in [-0.1, -0.05) is 57.6 Å². The van der Waals surface area contributed by atoms with Gasteiger partial charge in [-0.15, -0.1) is 0 Å². The minimum absolute atomic E-state index is 0.0177. The lowest BCUT2D eigenvalue weighted by Gasteiger charge is -2.19. The molecule has 6 rings (SSSR count). The van der Waals surface area contributed by atoms with E-state index >= 15 is 0 Å². The molecule has 0 aliphatic carbocycles. The first-order chi connectivity index (χ1) is 20.7. The van der Waals surface area contributed by atoms with E-state index in [9.17, 15) is 18.0 Å². The third-order valence-electron chi connectivity index (χ3n) is 6.61. The van der Waals surface area contributed by atoms with Crippen LogP contribution in [-0.4, -0.2) is 32.6 Å². The van der Waals surface area contributed by atoms with Crippen molar-refractivity contribution in [3.8, 4) is 0 Å². The van der Waals surface area contributed by atoms with Gasteiger partial charge in [0.15, 0.2) is 0 Å². The second-order valence-corrected chi connectivity index (χ2v) is 13.2. The van der Waals surface area contributed by atoms with Crippen LogP contribution in [0.15, 0.2) is 127 Å². The van der Waals surface area contributed by atoms with Crippen molar-refractivity contribution in [2.45, 2.75) is 4.90 Å². The van der Waals surface area contributed by atoms with Crippen LogP contribution in [-0.2, 0) is 10.0 Å². The minimum Gasteiger partial charge on any atom is -0.463 e. The van der Waals surface area contributed by atoms with E-state index in [1.807, 2.05) is 18.2 Å². The fourth-order valence-corrected chi connectivity index (χ4v) is 6.96. The average molecular weight is 674 g/mol. The molecule has 0 atom stereocenters. The van der Waals surface area contributed by atoms with E-state index in [-0.39, 0.29) is 26.6 Å². The highest BCUT2D eigenvalue weighted by Gasteiger charge is 2.25. The molecule has 12 heteroatoms. The number of hydrazone groups is 1. The van der Waals surface area contributed by atoms with Gasteiger partial charge in [0.1, 0.15) is 11.8 Å². The molecule has 0 fully saturated rings. The molecule has 0 bridgehead atoms. The SMILES string of the molecule is CN(c1ccccc1)S(=O)(=O)c1ccc(C(=O)N(/N=C/c2coc3ccccc3c2=O)c2nc3ccc(Br)cc3s2)cc1. The molecule has 0 aliphatic rings. The monoisotopic (exact) mass is 672 g/mol. The number of aromatic nitrogens is 1. The highest BCUT2D eigenvalue weighted by molar-refractivity contribution is 9.10. The predicted molar refractivity (Wildman–Crippen MR) is 173 cm³/mol. The number of halogens is 1. The fraction of sp³-hybridized carbons (Fsp3) is 0.0323. The summed E-state index contributed by atoms with van der Waals surface area (Å²) in [6, 6.07) is 26.6. The molecular weight excluding hydrogens is 652 g/mol. The summed E-state index contributed by atoms with van der Waals surface area (Å²) in [5, 5.41) is 6.11. The Labute approximate surface area is 258 Å². The van der Waals surface area contributed by atoms with Gasteiger partial charge in [-0.3, -0.25) is 13.9 Å². The second-order valence-electron chi connectivity index (χ2n) is 9.32. The molecular formula is C31H21BrN4O5S2. The van der Waals surface area contributed by atoms with Gasteiger partial charge < -0.3 is 4.42 Å². The Kier molecular flexibility index (Phi) is 7.65. The zero-order valence-corrected chi connectivity index (χ0v) is 25.6. The first-order valence-corrected chi connectivity index (χ1v) is 15.9. The molecule has 43 heavy (non-hydrogen) atoms. The molecule has 0 radical (unpaired) electrons. The number of carbonyl (C=O) groups is 1. The summed E-state index contributed by atoms with van der Waals surface area (Å²) in [4.78, 5) is 31.5. The van der Waals surface area contributed by atoms with Crippen LogP contribution in [0.5, 0.6) is 0 Å². The van der Waals surface area contributed by atoms with E-state index in [4.69, 9.17) is 4.42 Å². The van der Waals surface area contributed by atoms with Gasteiger partial charge in [-0.05, 0) is 66.7 Å². The third kappa shape index (κ3) is 5.59. The van der Waals surface area contributed by atoms with Gasteiger partial charge >= 0.3 is 0 Å². The van der Waals surface area contributed by atoms with Crippen LogP contribution >= 0.6 is 27.3 Å². The Morgan fingerprint density at radius 2 is 1.70 bits per heavy atom. The maximum absolute atomic E-state index is 13.8. The van der Waals surface area contributed by atoms with E-state index in [0.29, 0.717) is 22.2 Å². The first kappa shape index (κ1) is 28.5. The van der Waals surface area contributed by atoms with Crippen LogP contribution < -0.4 is 14.7 Å². The van der Waals surface area contributed by atoms with Crippen LogP contribution in [0.3, 0.4) is 0 Å². The number of hydrogen-bond donors (Lipinski definition) is 0. The van der Waals surface area contributed by atoms with Crippen LogP contribution in [0.4, 0.5) is 10.8 Å². The zero-order valence-electron chi connectivity index (χ0n) is 22.4. The third-order valence-corrected chi connectivity index (χ3v) is 9.90. The molecule has 2 heterocycles. The Hall–Kier alpha value is -4.65. The molecule has 0 saturated carbocycles. The smallest absolute Gasteiger partial charge is 0.280 e. The first-order valence-electron chi connectivity index (χ1n) is 12.8. The Balaban J connectivity index is 1.37. The van der Waals surface area contributed by atoms with Gasteiger partial charge in [0.2, 0.25) is 10.6 Å². The van der Waals surface area contributed by atoms with Gasteiger partial charge in [0, 0.05) is 17.1 Å². The standard InChI is InChI=1S/C31H21BrN4O5S2/c1-35(23-7-3-2-4-8-23)43(39,40)24-14-11-20(12-15-24)30(38)36(31-34-26-16-13-22(32)17-28(26)42-31)33-18-21-19-41-27-10-6-5-9-25(27)29(21)37/h2-19H,1H3/b33-18+. The fourth-order valence-electron chi connectivity index (χ4n) is 4.29. The maximum atomic E-state index is 13.8. The largest absolute Gasteiger partial charge is 0.463 e. The molecule has 0 aliphatic heterocycles. The van der Waals surface area contributed by atoms with E-state index < -0.39 is 15.9 Å². The van der Waals surface area contributed by atoms with Crippen molar-refractivity contribution >= 4 is 81.4 Å². The molecule has 2 aromatic heterocycles. The number of carbonyl (C=O) groups excluding carboxylic acids is 1. The summed E-state index contributed by atoms with van der Waals surface area (Å²) in [7, 11) is -2.41. The van der Waals surface area contributed by atoms with Crippen molar-refractivity contribution < 1.29 is 17.6 Å².